The molecule has 0 atom stereocenters. The highest BCUT2D eigenvalue weighted by molar-refractivity contribution is 5.02. The van der Waals surface area contributed by atoms with Crippen LogP contribution in [-0.4, -0.2) is 33.0 Å². The molecule has 0 radical (unpaired) electrons. The third kappa shape index (κ3) is 2.64. The van der Waals surface area contributed by atoms with Gasteiger partial charge in [0.2, 0.25) is 0 Å². The van der Waals surface area contributed by atoms with E-state index in [0.717, 1.165) is 0 Å². The summed E-state index contributed by atoms with van der Waals surface area (Å²) in [4.78, 5) is 25.4. The number of aromatic nitrogens is 2. The molecule has 0 amide bonds. The van der Waals surface area contributed by atoms with Gasteiger partial charge in [-0.1, -0.05) is 0 Å². The van der Waals surface area contributed by atoms with Gasteiger partial charge < -0.3 is 10.2 Å². The molecule has 0 bridgehead atoms. The van der Waals surface area contributed by atoms with Gasteiger partial charge in [0.1, 0.15) is 0 Å². The number of aliphatic hydroxyl groups is 2. The minimum absolute atomic E-state index is 0.0225. The zero-order chi connectivity index (χ0) is 14.0. The summed E-state index contributed by atoms with van der Waals surface area (Å²) < 4.78 is 1.56. The second-order valence-corrected chi connectivity index (χ2v) is 5.53. The predicted molar refractivity (Wildman–Crippen MR) is 70.2 cm³/mol. The molecule has 0 saturated heterocycles. The topological polar surface area (TPSA) is 95.3 Å². The Labute approximate surface area is 110 Å². The summed E-state index contributed by atoms with van der Waals surface area (Å²) in [6.07, 6.45) is 4.38. The molecule has 1 heterocycles. The van der Waals surface area contributed by atoms with E-state index in [1.54, 1.807) is 17.7 Å². The van der Waals surface area contributed by atoms with Crippen molar-refractivity contribution >= 4 is 0 Å². The van der Waals surface area contributed by atoms with E-state index < -0.39 is 5.41 Å². The van der Waals surface area contributed by atoms with Crippen molar-refractivity contribution in [2.45, 2.75) is 38.6 Å². The summed E-state index contributed by atoms with van der Waals surface area (Å²) in [7, 11) is 0. The first kappa shape index (κ1) is 14.0. The Balaban J connectivity index is 2.21. The van der Waals surface area contributed by atoms with Gasteiger partial charge >= 0.3 is 5.69 Å². The van der Waals surface area contributed by atoms with Crippen molar-refractivity contribution in [3.8, 4) is 0 Å². The third-order valence-electron chi connectivity index (χ3n) is 4.23. The number of nitrogens with zero attached hydrogens (tertiary/aromatic N) is 1. The number of rotatable bonds is 3. The average Bonchev–Trinajstić information content (AvgIpc) is 2.43. The average molecular weight is 268 g/mol. The zero-order valence-corrected chi connectivity index (χ0v) is 11.1. The van der Waals surface area contributed by atoms with Crippen molar-refractivity contribution < 1.29 is 10.2 Å². The van der Waals surface area contributed by atoms with Gasteiger partial charge in [-0.3, -0.25) is 14.3 Å². The SMILES string of the molecule is Cc1cn(C2CCC(CO)(CO)CC2)c(=O)[nH]c1=O. The Morgan fingerprint density at radius 1 is 1.32 bits per heavy atom. The summed E-state index contributed by atoms with van der Waals surface area (Å²) in [6.45, 7) is 1.61. The fourth-order valence-corrected chi connectivity index (χ4v) is 2.72. The highest BCUT2D eigenvalue weighted by Gasteiger charge is 2.35. The zero-order valence-electron chi connectivity index (χ0n) is 11.1. The van der Waals surface area contributed by atoms with Crippen LogP contribution in [0.15, 0.2) is 15.8 Å². The van der Waals surface area contributed by atoms with Gasteiger partial charge in [-0.15, -0.1) is 0 Å². The van der Waals surface area contributed by atoms with Crippen molar-refractivity contribution in [1.29, 1.82) is 0 Å². The molecule has 3 N–H and O–H groups in total. The van der Waals surface area contributed by atoms with E-state index in [0.29, 0.717) is 31.2 Å². The van der Waals surface area contributed by atoms with Gasteiger partial charge in [-0.05, 0) is 32.6 Å². The van der Waals surface area contributed by atoms with Crippen LogP contribution in [0.2, 0.25) is 0 Å². The fourth-order valence-electron chi connectivity index (χ4n) is 2.72. The lowest BCUT2D eigenvalue weighted by atomic mass is 9.73. The Morgan fingerprint density at radius 2 is 1.89 bits per heavy atom. The van der Waals surface area contributed by atoms with E-state index >= 15 is 0 Å². The molecule has 0 aliphatic heterocycles. The molecule has 6 nitrogen and oxygen atoms in total. The molecule has 0 spiro atoms. The molecule has 1 aliphatic carbocycles. The van der Waals surface area contributed by atoms with Crippen LogP contribution < -0.4 is 11.2 Å². The number of aromatic amines is 1. The number of hydrogen-bond donors (Lipinski definition) is 3. The van der Waals surface area contributed by atoms with Gasteiger partial charge in [0.15, 0.2) is 0 Å². The Hall–Kier alpha value is -1.40. The highest BCUT2D eigenvalue weighted by atomic mass is 16.3. The fraction of sp³-hybridized carbons (Fsp3) is 0.692. The van der Waals surface area contributed by atoms with E-state index in [9.17, 15) is 19.8 Å². The molecule has 0 aromatic carbocycles. The Kier molecular flexibility index (Phi) is 3.91. The number of aliphatic hydroxyl groups excluding tert-OH is 2. The molecule has 1 aliphatic rings. The maximum atomic E-state index is 11.8. The van der Waals surface area contributed by atoms with Crippen LogP contribution in [0.1, 0.15) is 37.3 Å². The molecule has 1 saturated carbocycles. The van der Waals surface area contributed by atoms with Crippen molar-refractivity contribution in [1.82, 2.24) is 9.55 Å². The largest absolute Gasteiger partial charge is 0.396 e. The van der Waals surface area contributed by atoms with Crippen molar-refractivity contribution in [3.05, 3.63) is 32.6 Å². The number of nitrogens with one attached hydrogen (secondary N) is 1. The molecule has 19 heavy (non-hydrogen) atoms. The summed E-state index contributed by atoms with van der Waals surface area (Å²) in [5.74, 6) is 0. The molecular formula is C13H20N2O4. The quantitative estimate of drug-likeness (QED) is 0.715. The lowest BCUT2D eigenvalue weighted by Gasteiger charge is -2.37. The van der Waals surface area contributed by atoms with Crippen molar-refractivity contribution in [3.63, 3.8) is 0 Å². The van der Waals surface area contributed by atoms with Gasteiger partial charge in [0.05, 0.1) is 13.2 Å². The van der Waals surface area contributed by atoms with Crippen molar-refractivity contribution in [2.24, 2.45) is 5.41 Å². The normalized spacial score (nSPS) is 19.5. The van der Waals surface area contributed by atoms with Crippen LogP contribution in [0.3, 0.4) is 0 Å². The first-order valence-corrected chi connectivity index (χ1v) is 6.55. The van der Waals surface area contributed by atoms with Crippen LogP contribution in [0, 0.1) is 12.3 Å². The lowest BCUT2D eigenvalue weighted by molar-refractivity contribution is 0.0120. The second-order valence-electron chi connectivity index (χ2n) is 5.53. The van der Waals surface area contributed by atoms with E-state index in [1.165, 1.54) is 0 Å². The van der Waals surface area contributed by atoms with Crippen LogP contribution in [-0.2, 0) is 0 Å². The van der Waals surface area contributed by atoms with E-state index in [1.807, 2.05) is 0 Å². The number of H-pyrrole nitrogens is 1. The Bertz CT molecular complexity index is 546. The molecular weight excluding hydrogens is 248 g/mol. The van der Waals surface area contributed by atoms with Crippen molar-refractivity contribution in [2.75, 3.05) is 13.2 Å². The van der Waals surface area contributed by atoms with Gasteiger partial charge in [0, 0.05) is 23.2 Å². The molecule has 2 rings (SSSR count). The molecule has 1 aromatic rings. The van der Waals surface area contributed by atoms with Crippen LogP contribution in [0.4, 0.5) is 0 Å². The maximum Gasteiger partial charge on any atom is 0.328 e. The molecule has 1 aromatic heterocycles. The minimum atomic E-state index is -0.419. The highest BCUT2D eigenvalue weighted by Crippen LogP contribution is 2.39. The molecule has 0 unspecified atom stereocenters. The first-order valence-electron chi connectivity index (χ1n) is 6.55. The standard InChI is InChI=1S/C13H20N2O4/c1-9-6-15(12(19)14-11(9)18)10-2-4-13(7-16,8-17)5-3-10/h6,10,16-17H,2-5,7-8H2,1H3,(H,14,18,19). The number of aryl methyl sites for hydroxylation is 1. The smallest absolute Gasteiger partial charge is 0.328 e. The maximum absolute atomic E-state index is 11.8. The monoisotopic (exact) mass is 268 g/mol. The summed E-state index contributed by atoms with van der Waals surface area (Å²) in [5, 5.41) is 18.7. The van der Waals surface area contributed by atoms with Gasteiger partial charge in [0.25, 0.3) is 5.56 Å². The first-order chi connectivity index (χ1) is 9.01. The van der Waals surface area contributed by atoms with E-state index in [-0.39, 0.29) is 30.5 Å². The Morgan fingerprint density at radius 3 is 2.42 bits per heavy atom. The van der Waals surface area contributed by atoms with Crippen LogP contribution in [0.25, 0.3) is 0 Å². The van der Waals surface area contributed by atoms with E-state index in [2.05, 4.69) is 4.98 Å². The van der Waals surface area contributed by atoms with Crippen LogP contribution >= 0.6 is 0 Å². The summed E-state index contributed by atoms with van der Waals surface area (Å²) >= 11 is 0. The lowest BCUT2D eigenvalue weighted by Crippen LogP contribution is -2.39. The summed E-state index contributed by atoms with van der Waals surface area (Å²) in [5.41, 5.74) is -0.642. The third-order valence-corrected chi connectivity index (χ3v) is 4.23. The van der Waals surface area contributed by atoms with E-state index in [4.69, 9.17) is 0 Å². The second kappa shape index (κ2) is 5.30. The molecule has 1 fully saturated rings. The van der Waals surface area contributed by atoms with Gasteiger partial charge in [-0.25, -0.2) is 4.79 Å². The number of hydrogen-bond acceptors (Lipinski definition) is 4. The van der Waals surface area contributed by atoms with Crippen LogP contribution in [0.5, 0.6) is 0 Å². The molecule has 106 valence electrons. The van der Waals surface area contributed by atoms with Gasteiger partial charge in [-0.2, -0.15) is 0 Å². The summed E-state index contributed by atoms with van der Waals surface area (Å²) in [6, 6.07) is 0.0225. The molecule has 6 heteroatoms. The minimum Gasteiger partial charge on any atom is -0.396 e. The predicted octanol–water partition coefficient (Wildman–Crippen LogP) is -0.0689.